The second-order valence-electron chi connectivity index (χ2n) is 9.68. The van der Waals surface area contributed by atoms with Crippen LogP contribution in [0.3, 0.4) is 0 Å². The number of morpholine rings is 1. The third-order valence-corrected chi connectivity index (χ3v) is 9.29. The van der Waals surface area contributed by atoms with Gasteiger partial charge in [0.25, 0.3) is 5.91 Å². The smallest absolute Gasteiger partial charge is 0.339 e. The minimum atomic E-state index is -0.986. The zero-order valence-corrected chi connectivity index (χ0v) is 23.3. The van der Waals surface area contributed by atoms with Gasteiger partial charge in [-0.3, -0.25) is 4.79 Å². The van der Waals surface area contributed by atoms with E-state index in [-0.39, 0.29) is 29.6 Å². The Morgan fingerprint density at radius 1 is 1.06 bits per heavy atom. The van der Waals surface area contributed by atoms with Crippen LogP contribution in [0, 0.1) is 0 Å². The SMILES string of the molecule is C[C@@H]1CN(c2ccc(C(=O)N(I)c3scc(C4CCc5ccccc5C4)c3C(=O)O)cc2)C[C@H](C)O1. The first-order valence-corrected chi connectivity index (χ1v) is 14.1. The number of carboxylic acids is 1. The van der Waals surface area contributed by atoms with Gasteiger partial charge >= 0.3 is 5.97 Å². The van der Waals surface area contributed by atoms with Crippen LogP contribution in [0.25, 0.3) is 0 Å². The number of carboxylic acid groups (broad SMARTS) is 1. The van der Waals surface area contributed by atoms with Crippen LogP contribution < -0.4 is 8.01 Å². The van der Waals surface area contributed by atoms with Crippen molar-refractivity contribution in [1.82, 2.24) is 0 Å². The molecule has 1 aliphatic heterocycles. The number of aryl methyl sites for hydroxylation is 1. The maximum Gasteiger partial charge on any atom is 0.339 e. The molecule has 8 heteroatoms. The van der Waals surface area contributed by atoms with Gasteiger partial charge in [0, 0.05) is 24.3 Å². The third-order valence-electron chi connectivity index (χ3n) is 7.06. The lowest BCUT2D eigenvalue weighted by Gasteiger charge is -2.36. The minimum Gasteiger partial charge on any atom is -0.478 e. The molecular formula is C28H29IN2O4S. The van der Waals surface area contributed by atoms with E-state index in [2.05, 4.69) is 36.9 Å². The molecule has 0 radical (unpaired) electrons. The molecule has 5 rings (SSSR count). The number of halogens is 1. The van der Waals surface area contributed by atoms with Crippen molar-refractivity contribution in [3.05, 3.63) is 81.7 Å². The van der Waals surface area contributed by atoms with Gasteiger partial charge in [0.1, 0.15) is 5.00 Å². The lowest BCUT2D eigenvalue weighted by Crippen LogP contribution is -2.45. The van der Waals surface area contributed by atoms with Crippen LogP contribution in [0.2, 0.25) is 0 Å². The van der Waals surface area contributed by atoms with Crippen molar-refractivity contribution in [3.63, 3.8) is 0 Å². The fourth-order valence-corrected chi connectivity index (χ4v) is 7.30. The largest absolute Gasteiger partial charge is 0.478 e. The summed E-state index contributed by atoms with van der Waals surface area (Å²) in [6.07, 6.45) is 2.97. The molecule has 0 spiro atoms. The number of amides is 1. The highest BCUT2D eigenvalue weighted by atomic mass is 127. The second kappa shape index (κ2) is 10.5. The van der Waals surface area contributed by atoms with Gasteiger partial charge in [0.15, 0.2) is 0 Å². The number of carbonyl (C=O) groups excluding carboxylic acids is 1. The van der Waals surface area contributed by atoms with Crippen LogP contribution >= 0.6 is 34.2 Å². The molecule has 188 valence electrons. The van der Waals surface area contributed by atoms with Crippen molar-refractivity contribution in [1.29, 1.82) is 0 Å². The number of nitrogens with zero attached hydrogens (tertiary/aromatic N) is 2. The molecule has 1 N–H and O–H groups in total. The van der Waals surface area contributed by atoms with Crippen molar-refractivity contribution in [3.8, 4) is 0 Å². The summed E-state index contributed by atoms with van der Waals surface area (Å²) in [6, 6.07) is 15.9. The van der Waals surface area contributed by atoms with Crippen LogP contribution in [-0.4, -0.2) is 42.3 Å². The molecule has 1 aromatic heterocycles. The second-order valence-corrected chi connectivity index (χ2v) is 11.5. The lowest BCUT2D eigenvalue weighted by atomic mass is 9.80. The molecule has 1 amide bonds. The summed E-state index contributed by atoms with van der Waals surface area (Å²) in [7, 11) is 0. The van der Waals surface area contributed by atoms with E-state index in [1.54, 1.807) is 0 Å². The van der Waals surface area contributed by atoms with Crippen molar-refractivity contribution in [2.45, 2.75) is 51.2 Å². The van der Waals surface area contributed by atoms with E-state index in [1.165, 1.54) is 25.6 Å². The maximum absolute atomic E-state index is 13.4. The van der Waals surface area contributed by atoms with Gasteiger partial charge < -0.3 is 14.7 Å². The number of carbonyl (C=O) groups is 2. The highest BCUT2D eigenvalue weighted by Gasteiger charge is 2.31. The van der Waals surface area contributed by atoms with Crippen molar-refractivity contribution >= 4 is 56.8 Å². The summed E-state index contributed by atoms with van der Waals surface area (Å²) in [5, 5.41) is 12.5. The molecule has 36 heavy (non-hydrogen) atoms. The fraction of sp³-hybridized carbons (Fsp3) is 0.357. The first-order chi connectivity index (χ1) is 17.3. The predicted octanol–water partition coefficient (Wildman–Crippen LogP) is 6.33. The Morgan fingerprint density at radius 3 is 2.39 bits per heavy atom. The number of benzene rings is 2. The van der Waals surface area contributed by atoms with Crippen LogP contribution in [0.15, 0.2) is 53.9 Å². The molecule has 2 aliphatic rings. The first kappa shape index (κ1) is 25.2. The quantitative estimate of drug-likeness (QED) is 0.268. The number of fused-ring (bicyclic) bond motifs is 1. The molecule has 6 nitrogen and oxygen atoms in total. The Labute approximate surface area is 229 Å². The summed E-state index contributed by atoms with van der Waals surface area (Å²) < 4.78 is 7.28. The summed E-state index contributed by atoms with van der Waals surface area (Å²) in [6.45, 7) is 5.75. The lowest BCUT2D eigenvalue weighted by molar-refractivity contribution is -0.00522. The van der Waals surface area contributed by atoms with E-state index in [0.29, 0.717) is 10.6 Å². The zero-order chi connectivity index (χ0) is 25.4. The first-order valence-electron chi connectivity index (χ1n) is 12.2. The molecule has 0 bridgehead atoms. The number of aromatic carboxylic acids is 1. The fourth-order valence-electron chi connectivity index (χ4n) is 5.39. The number of thiophene rings is 1. The number of anilines is 2. The normalized spacial score (nSPS) is 21.6. The maximum atomic E-state index is 13.4. The Balaban J connectivity index is 1.36. The molecule has 1 unspecified atom stereocenters. The molecular weight excluding hydrogens is 587 g/mol. The van der Waals surface area contributed by atoms with Gasteiger partial charge in [0.05, 0.1) is 40.6 Å². The third kappa shape index (κ3) is 5.03. The Morgan fingerprint density at radius 2 is 1.72 bits per heavy atom. The van der Waals surface area contributed by atoms with Gasteiger partial charge in [-0.05, 0) is 85.4 Å². The monoisotopic (exact) mass is 616 g/mol. The van der Waals surface area contributed by atoms with Crippen molar-refractivity contribution in [2.75, 3.05) is 21.1 Å². The van der Waals surface area contributed by atoms with E-state index in [4.69, 9.17) is 4.74 Å². The minimum absolute atomic E-state index is 0.133. The van der Waals surface area contributed by atoms with Gasteiger partial charge in [-0.1, -0.05) is 24.3 Å². The summed E-state index contributed by atoms with van der Waals surface area (Å²) >= 11 is 3.27. The van der Waals surface area contributed by atoms with Gasteiger partial charge in [0.2, 0.25) is 0 Å². The van der Waals surface area contributed by atoms with E-state index in [9.17, 15) is 14.7 Å². The van der Waals surface area contributed by atoms with Crippen LogP contribution in [0.4, 0.5) is 10.7 Å². The van der Waals surface area contributed by atoms with E-state index in [1.807, 2.05) is 58.6 Å². The van der Waals surface area contributed by atoms with Crippen molar-refractivity contribution < 1.29 is 19.4 Å². The average molecular weight is 617 g/mol. The van der Waals surface area contributed by atoms with Gasteiger partial charge in [-0.25, -0.2) is 7.91 Å². The molecule has 3 aromatic rings. The Bertz CT molecular complexity index is 1260. The van der Waals surface area contributed by atoms with Crippen molar-refractivity contribution in [2.24, 2.45) is 0 Å². The summed E-state index contributed by atoms with van der Waals surface area (Å²) in [4.78, 5) is 28.0. The molecule has 1 saturated heterocycles. The van der Waals surface area contributed by atoms with Gasteiger partial charge in [-0.2, -0.15) is 0 Å². The highest BCUT2D eigenvalue weighted by molar-refractivity contribution is 14.1. The Hall–Kier alpha value is -2.43. The van der Waals surface area contributed by atoms with Gasteiger partial charge in [-0.15, -0.1) is 11.3 Å². The number of ether oxygens (including phenoxy) is 1. The topological polar surface area (TPSA) is 70.1 Å². The number of rotatable bonds is 5. The average Bonchev–Trinajstić information content (AvgIpc) is 3.33. The van der Waals surface area contributed by atoms with Crippen LogP contribution in [0.1, 0.15) is 63.6 Å². The van der Waals surface area contributed by atoms with E-state index >= 15 is 0 Å². The van der Waals surface area contributed by atoms with E-state index < -0.39 is 5.97 Å². The predicted molar refractivity (Wildman–Crippen MR) is 152 cm³/mol. The highest BCUT2D eigenvalue weighted by Crippen LogP contribution is 2.42. The van der Waals surface area contributed by atoms with E-state index in [0.717, 1.165) is 43.6 Å². The number of hydrogen-bond donors (Lipinski definition) is 1. The molecule has 2 aromatic carbocycles. The molecule has 0 saturated carbocycles. The molecule has 3 atom stereocenters. The molecule has 1 aliphatic carbocycles. The summed E-state index contributed by atoms with van der Waals surface area (Å²) in [5.74, 6) is -1.08. The van der Waals surface area contributed by atoms with Crippen LogP contribution in [0.5, 0.6) is 0 Å². The standard InChI is InChI=1S/C28H29IN2O4S/c1-17-14-30(15-18(2)35-17)23-11-9-20(10-12-23)26(32)31(29)27-25(28(33)34)24(16-36-27)22-8-7-19-5-3-4-6-21(19)13-22/h3-6,9-12,16-18,22H,7-8,13-15H2,1-2H3,(H,33,34)/t17-,18+,22?. The number of hydrogen-bond acceptors (Lipinski definition) is 5. The summed E-state index contributed by atoms with van der Waals surface area (Å²) in [5.41, 5.74) is 5.29. The zero-order valence-electron chi connectivity index (χ0n) is 20.3. The Kier molecular flexibility index (Phi) is 7.37. The molecule has 2 heterocycles. The van der Waals surface area contributed by atoms with Crippen LogP contribution in [-0.2, 0) is 17.6 Å². The molecule has 1 fully saturated rings.